The Hall–Kier alpha value is -2.14. The summed E-state index contributed by atoms with van der Waals surface area (Å²) in [5.74, 6) is -0.237. The molecule has 1 aliphatic heterocycles. The van der Waals surface area contributed by atoms with E-state index < -0.39 is 5.82 Å². The first-order valence-corrected chi connectivity index (χ1v) is 7.83. The van der Waals surface area contributed by atoms with Gasteiger partial charge in [-0.3, -0.25) is 9.78 Å². The van der Waals surface area contributed by atoms with Crippen LogP contribution in [0, 0.1) is 5.82 Å². The number of likely N-dealkylation sites (tertiary alicyclic amines) is 1. The highest BCUT2D eigenvalue weighted by molar-refractivity contribution is 6.33. The minimum Gasteiger partial charge on any atom is -0.489 e. The highest BCUT2D eigenvalue weighted by Crippen LogP contribution is 2.24. The largest absolute Gasteiger partial charge is 0.489 e. The van der Waals surface area contributed by atoms with Gasteiger partial charge in [0.25, 0.3) is 5.91 Å². The molecule has 1 aromatic carbocycles. The zero-order valence-corrected chi connectivity index (χ0v) is 13.2. The number of hydrogen-bond donors (Lipinski definition) is 0. The molecule has 0 aliphatic carbocycles. The molecule has 3 rings (SSSR count). The number of nitrogens with zero attached hydrogens (tertiary/aromatic N) is 2. The molecule has 2 aromatic rings. The summed E-state index contributed by atoms with van der Waals surface area (Å²) < 4.78 is 19.7. The Morgan fingerprint density at radius 2 is 2.04 bits per heavy atom. The monoisotopic (exact) mass is 334 g/mol. The number of carbonyl (C=O) groups is 1. The van der Waals surface area contributed by atoms with Gasteiger partial charge in [-0.2, -0.15) is 0 Å². The fraction of sp³-hybridized carbons (Fsp3) is 0.294. The molecule has 2 heterocycles. The lowest BCUT2D eigenvalue weighted by molar-refractivity contribution is 0.0591. The van der Waals surface area contributed by atoms with Crippen LogP contribution in [0.15, 0.2) is 42.7 Å². The topological polar surface area (TPSA) is 42.4 Å². The summed E-state index contributed by atoms with van der Waals surface area (Å²) in [6.45, 7) is 1.02. The number of hydrogen-bond acceptors (Lipinski definition) is 3. The standard InChI is InChI=1S/C17H16ClFN2O2/c18-14-4-1-5-15(19)16(14)17(22)21-9-6-12(7-10-21)23-13-3-2-8-20-11-13/h1-5,8,11-12H,6-7,9-10H2. The van der Waals surface area contributed by atoms with Gasteiger partial charge >= 0.3 is 0 Å². The molecule has 1 aliphatic rings. The molecule has 0 spiro atoms. The number of rotatable bonds is 3. The molecule has 4 nitrogen and oxygen atoms in total. The smallest absolute Gasteiger partial charge is 0.258 e. The van der Waals surface area contributed by atoms with Gasteiger partial charge in [-0.1, -0.05) is 17.7 Å². The van der Waals surface area contributed by atoms with Crippen LogP contribution < -0.4 is 4.74 Å². The maximum atomic E-state index is 13.9. The van der Waals surface area contributed by atoms with Crippen LogP contribution in [-0.4, -0.2) is 35.0 Å². The van der Waals surface area contributed by atoms with Gasteiger partial charge in [0.15, 0.2) is 0 Å². The quantitative estimate of drug-likeness (QED) is 0.862. The summed E-state index contributed by atoms with van der Waals surface area (Å²) in [4.78, 5) is 18.1. The van der Waals surface area contributed by atoms with Gasteiger partial charge in [-0.25, -0.2) is 4.39 Å². The number of benzene rings is 1. The lowest BCUT2D eigenvalue weighted by Crippen LogP contribution is -2.42. The van der Waals surface area contributed by atoms with Crippen molar-refractivity contribution in [1.82, 2.24) is 9.88 Å². The van der Waals surface area contributed by atoms with E-state index in [0.29, 0.717) is 25.9 Å². The summed E-state index contributed by atoms with van der Waals surface area (Å²) >= 11 is 5.96. The van der Waals surface area contributed by atoms with Crippen molar-refractivity contribution in [3.63, 3.8) is 0 Å². The molecule has 0 radical (unpaired) electrons. The number of aromatic nitrogens is 1. The van der Waals surface area contributed by atoms with Crippen molar-refractivity contribution in [2.45, 2.75) is 18.9 Å². The Labute approximate surface area is 138 Å². The van der Waals surface area contributed by atoms with E-state index >= 15 is 0 Å². The summed E-state index contributed by atoms with van der Waals surface area (Å²) in [6.07, 6.45) is 4.75. The van der Waals surface area contributed by atoms with Gasteiger partial charge < -0.3 is 9.64 Å². The van der Waals surface area contributed by atoms with Crippen LogP contribution in [0.4, 0.5) is 4.39 Å². The lowest BCUT2D eigenvalue weighted by Gasteiger charge is -2.32. The number of ether oxygens (including phenoxy) is 1. The number of amides is 1. The normalized spacial score (nSPS) is 15.5. The van der Waals surface area contributed by atoms with Gasteiger partial charge in [0.05, 0.1) is 16.8 Å². The van der Waals surface area contributed by atoms with Crippen molar-refractivity contribution in [3.8, 4) is 5.75 Å². The minimum absolute atomic E-state index is 0.0272. The van der Waals surface area contributed by atoms with Crippen LogP contribution in [0.2, 0.25) is 5.02 Å². The average Bonchev–Trinajstić information content (AvgIpc) is 2.56. The molecule has 23 heavy (non-hydrogen) atoms. The Morgan fingerprint density at radius 1 is 1.26 bits per heavy atom. The van der Waals surface area contributed by atoms with Crippen molar-refractivity contribution < 1.29 is 13.9 Å². The van der Waals surface area contributed by atoms with Crippen molar-refractivity contribution in [1.29, 1.82) is 0 Å². The Morgan fingerprint density at radius 3 is 2.70 bits per heavy atom. The summed E-state index contributed by atoms with van der Waals surface area (Å²) in [5, 5.41) is 0.142. The molecule has 0 unspecified atom stereocenters. The maximum Gasteiger partial charge on any atom is 0.258 e. The van der Waals surface area contributed by atoms with E-state index in [9.17, 15) is 9.18 Å². The number of carbonyl (C=O) groups excluding carboxylic acids is 1. The van der Waals surface area contributed by atoms with Gasteiger partial charge in [-0.15, -0.1) is 0 Å². The van der Waals surface area contributed by atoms with E-state index in [0.717, 1.165) is 5.75 Å². The predicted molar refractivity (Wildman–Crippen MR) is 85.2 cm³/mol. The molecule has 0 saturated carbocycles. The van der Waals surface area contributed by atoms with E-state index in [-0.39, 0.29) is 22.6 Å². The SMILES string of the molecule is O=C(c1c(F)cccc1Cl)N1CCC(Oc2cccnc2)CC1. The third kappa shape index (κ3) is 3.62. The molecule has 0 N–H and O–H groups in total. The van der Waals surface area contributed by atoms with Crippen molar-refractivity contribution in [2.75, 3.05) is 13.1 Å². The van der Waals surface area contributed by atoms with Gasteiger partial charge in [0.2, 0.25) is 0 Å². The fourth-order valence-electron chi connectivity index (χ4n) is 2.65. The lowest BCUT2D eigenvalue weighted by atomic mass is 10.1. The summed E-state index contributed by atoms with van der Waals surface area (Å²) in [5.41, 5.74) is -0.0548. The van der Waals surface area contributed by atoms with Gasteiger partial charge in [-0.05, 0) is 24.3 Å². The molecular formula is C17H16ClFN2O2. The van der Waals surface area contributed by atoms with E-state index in [2.05, 4.69) is 4.98 Å². The van der Waals surface area contributed by atoms with Gasteiger partial charge in [0, 0.05) is 32.1 Å². The highest BCUT2D eigenvalue weighted by atomic mass is 35.5. The third-order valence-electron chi connectivity index (χ3n) is 3.84. The third-order valence-corrected chi connectivity index (χ3v) is 4.16. The van der Waals surface area contributed by atoms with E-state index in [1.165, 1.54) is 18.2 Å². The highest BCUT2D eigenvalue weighted by Gasteiger charge is 2.27. The second-order valence-electron chi connectivity index (χ2n) is 5.39. The molecule has 120 valence electrons. The first-order chi connectivity index (χ1) is 11.1. The molecular weight excluding hydrogens is 319 g/mol. The molecule has 0 atom stereocenters. The molecule has 1 amide bonds. The molecule has 1 aromatic heterocycles. The number of piperidine rings is 1. The van der Waals surface area contributed by atoms with Crippen LogP contribution in [0.5, 0.6) is 5.75 Å². The van der Waals surface area contributed by atoms with E-state index in [1.54, 1.807) is 17.3 Å². The van der Waals surface area contributed by atoms with Gasteiger partial charge in [0.1, 0.15) is 17.7 Å². The van der Waals surface area contributed by atoms with Crippen molar-refractivity contribution in [2.24, 2.45) is 0 Å². The predicted octanol–water partition coefficient (Wildman–Crippen LogP) is 3.56. The van der Waals surface area contributed by atoms with Crippen molar-refractivity contribution >= 4 is 17.5 Å². The average molecular weight is 335 g/mol. The minimum atomic E-state index is -0.587. The second kappa shape index (κ2) is 6.96. The molecule has 1 saturated heterocycles. The molecule has 0 bridgehead atoms. The summed E-state index contributed by atoms with van der Waals surface area (Å²) in [7, 11) is 0. The number of pyridine rings is 1. The zero-order valence-electron chi connectivity index (χ0n) is 12.4. The van der Waals surface area contributed by atoms with E-state index in [4.69, 9.17) is 16.3 Å². The molecule has 6 heteroatoms. The number of halogens is 2. The Balaban J connectivity index is 1.62. The zero-order chi connectivity index (χ0) is 16.2. The Bertz CT molecular complexity index is 668. The van der Waals surface area contributed by atoms with Crippen LogP contribution in [-0.2, 0) is 0 Å². The second-order valence-corrected chi connectivity index (χ2v) is 5.80. The summed E-state index contributed by atoms with van der Waals surface area (Å²) in [6, 6.07) is 7.92. The Kier molecular flexibility index (Phi) is 4.76. The van der Waals surface area contributed by atoms with Crippen LogP contribution in [0.3, 0.4) is 0 Å². The van der Waals surface area contributed by atoms with Crippen LogP contribution >= 0.6 is 11.6 Å². The van der Waals surface area contributed by atoms with E-state index in [1.807, 2.05) is 12.1 Å². The van der Waals surface area contributed by atoms with Crippen molar-refractivity contribution in [3.05, 3.63) is 59.1 Å². The van der Waals surface area contributed by atoms with Crippen LogP contribution in [0.25, 0.3) is 0 Å². The molecule has 1 fully saturated rings. The first-order valence-electron chi connectivity index (χ1n) is 7.45. The maximum absolute atomic E-state index is 13.9. The van der Waals surface area contributed by atoms with Crippen LogP contribution in [0.1, 0.15) is 23.2 Å². The fourth-order valence-corrected chi connectivity index (χ4v) is 2.89. The first kappa shape index (κ1) is 15.7.